The zero-order chi connectivity index (χ0) is 12.1. The lowest BCUT2D eigenvalue weighted by Gasteiger charge is -2.11. The van der Waals surface area contributed by atoms with E-state index in [0.29, 0.717) is 0 Å². The van der Waals surface area contributed by atoms with Gasteiger partial charge in [-0.25, -0.2) is 0 Å². The van der Waals surface area contributed by atoms with E-state index in [-0.39, 0.29) is 6.04 Å². The van der Waals surface area contributed by atoms with Crippen LogP contribution in [0, 0.1) is 0 Å². The maximum Gasteiger partial charge on any atom is 0.0262 e. The van der Waals surface area contributed by atoms with Crippen molar-refractivity contribution in [3.8, 4) is 0 Å². The van der Waals surface area contributed by atoms with Gasteiger partial charge in [-0.3, -0.25) is 0 Å². The summed E-state index contributed by atoms with van der Waals surface area (Å²) in [5.41, 5.74) is 8.56. The van der Waals surface area contributed by atoms with Crippen LogP contribution in [0.25, 0.3) is 0 Å². The van der Waals surface area contributed by atoms with E-state index in [1.807, 2.05) is 0 Å². The van der Waals surface area contributed by atoms with Crippen LogP contribution < -0.4 is 5.73 Å². The van der Waals surface area contributed by atoms with Crippen molar-refractivity contribution in [3.63, 3.8) is 0 Å². The molecule has 1 heterocycles. The Labute approximate surface area is 103 Å². The summed E-state index contributed by atoms with van der Waals surface area (Å²) in [6.45, 7) is 3.08. The molecule has 0 amide bonds. The van der Waals surface area contributed by atoms with Crippen molar-refractivity contribution in [2.24, 2.45) is 5.73 Å². The molecule has 0 fully saturated rings. The lowest BCUT2D eigenvalue weighted by molar-refractivity contribution is 0.627. The summed E-state index contributed by atoms with van der Waals surface area (Å²) < 4.78 is 2.30. The van der Waals surface area contributed by atoms with Crippen LogP contribution in [0.2, 0.25) is 0 Å². The molecule has 1 aromatic carbocycles. The molecule has 2 nitrogen and oxygen atoms in total. The minimum Gasteiger partial charge on any atom is -0.351 e. The van der Waals surface area contributed by atoms with Crippen molar-refractivity contribution in [1.29, 1.82) is 0 Å². The monoisotopic (exact) mass is 228 g/mol. The van der Waals surface area contributed by atoms with Gasteiger partial charge >= 0.3 is 0 Å². The van der Waals surface area contributed by atoms with Gasteiger partial charge in [-0.15, -0.1) is 0 Å². The van der Waals surface area contributed by atoms with Gasteiger partial charge in [0, 0.05) is 30.9 Å². The van der Waals surface area contributed by atoms with Gasteiger partial charge in [-0.2, -0.15) is 0 Å². The number of nitrogens with two attached hydrogens (primary N) is 1. The predicted molar refractivity (Wildman–Crippen MR) is 71.9 cm³/mol. The molecule has 2 aromatic rings. The Hall–Kier alpha value is -1.54. The summed E-state index contributed by atoms with van der Waals surface area (Å²) in [5.74, 6) is 0. The third kappa shape index (κ3) is 3.46. The molecule has 90 valence electrons. The second kappa shape index (κ2) is 5.69. The van der Waals surface area contributed by atoms with Crippen LogP contribution >= 0.6 is 0 Å². The molecule has 0 spiro atoms. The van der Waals surface area contributed by atoms with Crippen molar-refractivity contribution in [2.75, 3.05) is 0 Å². The number of rotatable bonds is 5. The molecular formula is C15H20N2. The van der Waals surface area contributed by atoms with Gasteiger partial charge < -0.3 is 10.3 Å². The lowest BCUT2D eigenvalue weighted by atomic mass is 10.1. The van der Waals surface area contributed by atoms with E-state index >= 15 is 0 Å². The fourth-order valence-corrected chi connectivity index (χ4v) is 2.08. The Bertz CT molecular complexity index is 443. The quantitative estimate of drug-likeness (QED) is 0.838. The smallest absolute Gasteiger partial charge is 0.0262 e. The van der Waals surface area contributed by atoms with Crippen molar-refractivity contribution < 1.29 is 0 Å². The number of hydrogen-bond acceptors (Lipinski definition) is 1. The highest BCUT2D eigenvalue weighted by atomic mass is 15.0. The molecule has 0 radical (unpaired) electrons. The van der Waals surface area contributed by atoms with Crippen molar-refractivity contribution >= 4 is 0 Å². The van der Waals surface area contributed by atoms with Crippen LogP contribution in [-0.4, -0.2) is 10.6 Å². The largest absolute Gasteiger partial charge is 0.351 e. The topological polar surface area (TPSA) is 30.9 Å². The van der Waals surface area contributed by atoms with E-state index in [9.17, 15) is 0 Å². The highest BCUT2D eigenvalue weighted by molar-refractivity contribution is 5.15. The van der Waals surface area contributed by atoms with Gasteiger partial charge in [0.25, 0.3) is 0 Å². The number of nitrogens with zero attached hydrogens (tertiary/aromatic N) is 1. The van der Waals surface area contributed by atoms with E-state index in [2.05, 4.69) is 60.2 Å². The minimum absolute atomic E-state index is 0.223. The van der Waals surface area contributed by atoms with Crippen LogP contribution in [0.3, 0.4) is 0 Å². The number of hydrogen-bond donors (Lipinski definition) is 1. The first kappa shape index (κ1) is 11.9. The summed E-state index contributed by atoms with van der Waals surface area (Å²) in [6.07, 6.45) is 4.16. The highest BCUT2D eigenvalue weighted by Crippen LogP contribution is 2.08. The van der Waals surface area contributed by atoms with E-state index in [0.717, 1.165) is 19.4 Å². The molecule has 0 aliphatic carbocycles. The fraction of sp³-hybridized carbons (Fsp3) is 0.333. The Morgan fingerprint density at radius 2 is 1.88 bits per heavy atom. The molecule has 1 atom stereocenters. The van der Waals surface area contributed by atoms with Crippen LogP contribution in [0.1, 0.15) is 18.2 Å². The van der Waals surface area contributed by atoms with Crippen molar-refractivity contribution in [2.45, 2.75) is 32.4 Å². The molecule has 0 aliphatic heterocycles. The zero-order valence-electron chi connectivity index (χ0n) is 10.3. The number of benzene rings is 1. The Kier molecular flexibility index (Phi) is 3.99. The summed E-state index contributed by atoms with van der Waals surface area (Å²) in [5, 5.41) is 0. The van der Waals surface area contributed by atoms with E-state index in [1.54, 1.807) is 0 Å². The molecular weight excluding hydrogens is 208 g/mol. The van der Waals surface area contributed by atoms with Gasteiger partial charge in [0.15, 0.2) is 0 Å². The van der Waals surface area contributed by atoms with E-state index < -0.39 is 0 Å². The number of aryl methyl sites for hydroxylation is 2. The Morgan fingerprint density at radius 1 is 1.12 bits per heavy atom. The molecule has 17 heavy (non-hydrogen) atoms. The molecule has 2 N–H and O–H groups in total. The maximum absolute atomic E-state index is 5.85. The fourth-order valence-electron chi connectivity index (χ4n) is 2.08. The summed E-state index contributed by atoms with van der Waals surface area (Å²) in [4.78, 5) is 0. The highest BCUT2D eigenvalue weighted by Gasteiger charge is 2.03. The molecule has 1 unspecified atom stereocenters. The molecule has 2 heteroatoms. The molecule has 2 rings (SSSR count). The zero-order valence-corrected chi connectivity index (χ0v) is 10.3. The molecule has 0 saturated carbocycles. The summed E-state index contributed by atoms with van der Waals surface area (Å²) in [6, 6.07) is 15.1. The van der Waals surface area contributed by atoms with Crippen molar-refractivity contribution in [3.05, 3.63) is 59.9 Å². The van der Waals surface area contributed by atoms with E-state index in [1.165, 1.54) is 11.3 Å². The second-order valence-corrected chi connectivity index (χ2v) is 4.61. The van der Waals surface area contributed by atoms with Gasteiger partial charge in [0.2, 0.25) is 0 Å². The van der Waals surface area contributed by atoms with Crippen LogP contribution in [-0.2, 0) is 19.4 Å². The Morgan fingerprint density at radius 3 is 2.59 bits per heavy atom. The summed E-state index contributed by atoms with van der Waals surface area (Å²) >= 11 is 0. The van der Waals surface area contributed by atoms with E-state index in [4.69, 9.17) is 5.73 Å². The average molecular weight is 228 g/mol. The predicted octanol–water partition coefficient (Wildman–Crippen LogP) is 2.62. The first-order valence-corrected chi connectivity index (χ1v) is 6.19. The van der Waals surface area contributed by atoms with Gasteiger partial charge in [0.1, 0.15) is 0 Å². The third-order valence-electron chi connectivity index (χ3n) is 2.94. The lowest BCUT2D eigenvalue weighted by Crippen LogP contribution is -2.20. The standard InChI is InChI=1S/C15H20N2/c1-13(16)12-15-8-5-10-17(15)11-9-14-6-3-2-4-7-14/h2-8,10,13H,9,11-12,16H2,1H3. The normalized spacial score (nSPS) is 12.6. The first-order valence-electron chi connectivity index (χ1n) is 6.19. The van der Waals surface area contributed by atoms with Crippen LogP contribution in [0.5, 0.6) is 0 Å². The SMILES string of the molecule is CC(N)Cc1cccn1CCc1ccccc1. The van der Waals surface area contributed by atoms with Crippen LogP contribution in [0.15, 0.2) is 48.7 Å². The minimum atomic E-state index is 0.223. The number of aromatic nitrogens is 1. The first-order chi connectivity index (χ1) is 8.25. The second-order valence-electron chi connectivity index (χ2n) is 4.61. The summed E-state index contributed by atoms with van der Waals surface area (Å²) in [7, 11) is 0. The Balaban J connectivity index is 1.97. The average Bonchev–Trinajstić information content (AvgIpc) is 2.74. The van der Waals surface area contributed by atoms with Crippen LogP contribution in [0.4, 0.5) is 0 Å². The molecule has 0 saturated heterocycles. The molecule has 0 bridgehead atoms. The maximum atomic E-state index is 5.85. The molecule has 1 aromatic heterocycles. The van der Waals surface area contributed by atoms with Crippen molar-refractivity contribution in [1.82, 2.24) is 4.57 Å². The van der Waals surface area contributed by atoms with Gasteiger partial charge in [0.05, 0.1) is 0 Å². The molecule has 0 aliphatic rings. The van der Waals surface area contributed by atoms with Gasteiger partial charge in [-0.1, -0.05) is 30.3 Å². The third-order valence-corrected chi connectivity index (χ3v) is 2.94. The van der Waals surface area contributed by atoms with Gasteiger partial charge in [-0.05, 0) is 31.0 Å².